The van der Waals surface area contributed by atoms with Crippen LogP contribution in [-0.4, -0.2) is 18.7 Å². The number of hydrogen-bond acceptors (Lipinski definition) is 3. The molecule has 1 amide bonds. The SMILES string of the molecule is COc1ccccc1NC(=O)C1=C(C)N=C(c2ccc(F)cc2F)CC1. The topological polar surface area (TPSA) is 50.7 Å². The van der Waals surface area contributed by atoms with E-state index in [1.165, 1.54) is 19.2 Å². The van der Waals surface area contributed by atoms with Gasteiger partial charge in [-0.25, -0.2) is 8.78 Å². The number of halogens is 2. The van der Waals surface area contributed by atoms with E-state index in [1.54, 1.807) is 25.1 Å². The Balaban J connectivity index is 1.85. The lowest BCUT2D eigenvalue weighted by atomic mass is 9.96. The highest BCUT2D eigenvalue weighted by Crippen LogP contribution is 2.27. The monoisotopic (exact) mass is 356 g/mol. The molecule has 0 aromatic heterocycles. The molecular weight excluding hydrogens is 338 g/mol. The molecule has 1 heterocycles. The third-order valence-electron chi connectivity index (χ3n) is 4.22. The predicted molar refractivity (Wildman–Crippen MR) is 96.5 cm³/mol. The molecule has 26 heavy (non-hydrogen) atoms. The van der Waals surface area contributed by atoms with E-state index in [4.69, 9.17) is 4.74 Å². The van der Waals surface area contributed by atoms with Crippen LogP contribution in [0.25, 0.3) is 0 Å². The molecular formula is C20H18F2N2O2. The van der Waals surface area contributed by atoms with Crippen molar-refractivity contribution >= 4 is 17.3 Å². The predicted octanol–water partition coefficient (Wildman–Crippen LogP) is 4.47. The van der Waals surface area contributed by atoms with Crippen LogP contribution in [0.4, 0.5) is 14.5 Å². The Morgan fingerprint density at radius 1 is 1.15 bits per heavy atom. The molecule has 134 valence electrons. The van der Waals surface area contributed by atoms with Crippen LogP contribution < -0.4 is 10.1 Å². The lowest BCUT2D eigenvalue weighted by Crippen LogP contribution is -2.20. The third kappa shape index (κ3) is 3.64. The summed E-state index contributed by atoms with van der Waals surface area (Å²) >= 11 is 0. The number of anilines is 1. The van der Waals surface area contributed by atoms with Crippen molar-refractivity contribution in [3.05, 3.63) is 70.9 Å². The molecule has 1 aliphatic rings. The molecule has 3 rings (SSSR count). The van der Waals surface area contributed by atoms with Gasteiger partial charge in [0.15, 0.2) is 0 Å². The Morgan fingerprint density at radius 2 is 1.92 bits per heavy atom. The number of amides is 1. The minimum absolute atomic E-state index is 0.259. The van der Waals surface area contributed by atoms with Crippen molar-refractivity contribution in [2.75, 3.05) is 12.4 Å². The highest BCUT2D eigenvalue weighted by Gasteiger charge is 2.22. The largest absolute Gasteiger partial charge is 0.495 e. The van der Waals surface area contributed by atoms with Gasteiger partial charge in [-0.15, -0.1) is 0 Å². The lowest BCUT2D eigenvalue weighted by molar-refractivity contribution is -0.113. The van der Waals surface area contributed by atoms with Gasteiger partial charge in [-0.1, -0.05) is 12.1 Å². The van der Waals surface area contributed by atoms with Crippen molar-refractivity contribution in [1.82, 2.24) is 0 Å². The highest BCUT2D eigenvalue weighted by atomic mass is 19.1. The van der Waals surface area contributed by atoms with Gasteiger partial charge in [0.25, 0.3) is 5.91 Å². The lowest BCUT2D eigenvalue weighted by Gasteiger charge is -2.18. The minimum Gasteiger partial charge on any atom is -0.495 e. The summed E-state index contributed by atoms with van der Waals surface area (Å²) in [5.74, 6) is -0.993. The quantitative estimate of drug-likeness (QED) is 0.879. The Kier molecular flexibility index (Phi) is 5.11. The number of allylic oxidation sites excluding steroid dienone is 1. The number of aliphatic imine (C=N–C) groups is 1. The summed E-state index contributed by atoms with van der Waals surface area (Å²) in [4.78, 5) is 17.0. The molecule has 0 unspecified atom stereocenters. The number of rotatable bonds is 4. The van der Waals surface area contributed by atoms with Crippen LogP contribution in [0.2, 0.25) is 0 Å². The van der Waals surface area contributed by atoms with E-state index in [2.05, 4.69) is 10.3 Å². The number of nitrogens with one attached hydrogen (secondary N) is 1. The first kappa shape index (κ1) is 17.8. The number of carbonyl (C=O) groups excluding carboxylic acids is 1. The zero-order chi connectivity index (χ0) is 18.7. The van der Waals surface area contributed by atoms with Crippen LogP contribution in [0.1, 0.15) is 25.3 Å². The highest BCUT2D eigenvalue weighted by molar-refractivity contribution is 6.08. The summed E-state index contributed by atoms with van der Waals surface area (Å²) < 4.78 is 32.3. The summed E-state index contributed by atoms with van der Waals surface area (Å²) in [7, 11) is 1.53. The summed E-state index contributed by atoms with van der Waals surface area (Å²) in [5, 5.41) is 2.82. The van der Waals surface area contributed by atoms with Gasteiger partial charge in [0.1, 0.15) is 17.4 Å². The first-order valence-electron chi connectivity index (χ1n) is 8.16. The Labute approximate surface area is 150 Å². The number of para-hydroxylation sites is 2. The van der Waals surface area contributed by atoms with E-state index in [-0.39, 0.29) is 11.5 Å². The molecule has 6 heteroatoms. The average Bonchev–Trinajstić information content (AvgIpc) is 2.62. The summed E-state index contributed by atoms with van der Waals surface area (Å²) in [6.45, 7) is 1.71. The second-order valence-corrected chi connectivity index (χ2v) is 5.90. The molecule has 0 atom stereocenters. The smallest absolute Gasteiger partial charge is 0.253 e. The number of ether oxygens (including phenoxy) is 1. The van der Waals surface area contributed by atoms with Gasteiger partial charge in [0.05, 0.1) is 18.5 Å². The fraction of sp³-hybridized carbons (Fsp3) is 0.200. The molecule has 0 radical (unpaired) electrons. The molecule has 2 aromatic rings. The zero-order valence-corrected chi connectivity index (χ0v) is 14.5. The number of hydrogen-bond donors (Lipinski definition) is 1. The summed E-state index contributed by atoms with van der Waals surface area (Å²) in [5.41, 5.74) is 2.38. The molecule has 1 aliphatic heterocycles. The normalized spacial score (nSPS) is 14.1. The molecule has 0 saturated heterocycles. The van der Waals surface area contributed by atoms with Gasteiger partial charge < -0.3 is 10.1 Å². The molecule has 1 N–H and O–H groups in total. The average molecular weight is 356 g/mol. The van der Waals surface area contributed by atoms with Gasteiger partial charge in [-0.2, -0.15) is 0 Å². The van der Waals surface area contributed by atoms with Gasteiger partial charge >= 0.3 is 0 Å². The second-order valence-electron chi connectivity index (χ2n) is 5.90. The molecule has 0 bridgehead atoms. The fourth-order valence-electron chi connectivity index (χ4n) is 2.89. The van der Waals surface area contributed by atoms with Crippen LogP contribution in [0.5, 0.6) is 5.75 Å². The zero-order valence-electron chi connectivity index (χ0n) is 14.5. The van der Waals surface area contributed by atoms with Crippen molar-refractivity contribution in [1.29, 1.82) is 0 Å². The van der Waals surface area contributed by atoms with E-state index in [1.807, 2.05) is 6.07 Å². The van der Waals surface area contributed by atoms with Crippen molar-refractivity contribution < 1.29 is 18.3 Å². The summed E-state index contributed by atoms with van der Waals surface area (Å²) in [6, 6.07) is 10.5. The van der Waals surface area contributed by atoms with Gasteiger partial charge in [-0.3, -0.25) is 9.79 Å². The number of carbonyl (C=O) groups is 1. The third-order valence-corrected chi connectivity index (χ3v) is 4.22. The Bertz CT molecular complexity index is 920. The molecule has 4 nitrogen and oxygen atoms in total. The van der Waals surface area contributed by atoms with Crippen molar-refractivity contribution in [3.63, 3.8) is 0 Å². The summed E-state index contributed by atoms with van der Waals surface area (Å²) in [6.07, 6.45) is 0.817. The first-order valence-corrected chi connectivity index (χ1v) is 8.16. The van der Waals surface area contributed by atoms with E-state index < -0.39 is 11.6 Å². The Hall–Kier alpha value is -3.02. The number of nitrogens with zero attached hydrogens (tertiary/aromatic N) is 1. The van der Waals surface area contributed by atoms with Crippen LogP contribution in [-0.2, 0) is 4.79 Å². The van der Waals surface area contributed by atoms with Crippen LogP contribution >= 0.6 is 0 Å². The first-order chi connectivity index (χ1) is 12.5. The molecule has 0 spiro atoms. The van der Waals surface area contributed by atoms with E-state index in [0.29, 0.717) is 41.3 Å². The number of benzene rings is 2. The van der Waals surface area contributed by atoms with Crippen LogP contribution in [0.3, 0.4) is 0 Å². The van der Waals surface area contributed by atoms with Gasteiger partial charge in [0, 0.05) is 22.9 Å². The maximum Gasteiger partial charge on any atom is 0.253 e. The standard InChI is InChI=1S/C20H18F2N2O2/c1-12-14(20(25)24-18-5-3-4-6-19(18)26-2)9-10-17(23-12)15-8-7-13(21)11-16(15)22/h3-8,11H,9-10H2,1-2H3,(H,24,25). The number of methoxy groups -OCH3 is 1. The maximum absolute atomic E-state index is 14.0. The van der Waals surface area contributed by atoms with Crippen LogP contribution in [0.15, 0.2) is 58.7 Å². The maximum atomic E-state index is 14.0. The second kappa shape index (κ2) is 7.47. The minimum atomic E-state index is -0.654. The van der Waals surface area contributed by atoms with E-state index >= 15 is 0 Å². The molecule has 0 saturated carbocycles. The van der Waals surface area contributed by atoms with E-state index in [9.17, 15) is 13.6 Å². The fourth-order valence-corrected chi connectivity index (χ4v) is 2.89. The van der Waals surface area contributed by atoms with Crippen LogP contribution in [0, 0.1) is 11.6 Å². The van der Waals surface area contributed by atoms with Crippen molar-refractivity contribution in [2.45, 2.75) is 19.8 Å². The van der Waals surface area contributed by atoms with Crippen molar-refractivity contribution in [2.24, 2.45) is 4.99 Å². The Morgan fingerprint density at radius 3 is 2.62 bits per heavy atom. The molecule has 0 aliphatic carbocycles. The van der Waals surface area contributed by atoms with Gasteiger partial charge in [0.2, 0.25) is 0 Å². The van der Waals surface area contributed by atoms with Crippen molar-refractivity contribution in [3.8, 4) is 5.75 Å². The molecule has 2 aromatic carbocycles. The van der Waals surface area contributed by atoms with E-state index in [0.717, 1.165) is 6.07 Å². The van der Waals surface area contributed by atoms with Gasteiger partial charge in [-0.05, 0) is 44.0 Å². The molecule has 0 fully saturated rings.